The molecule has 15 heavy (non-hydrogen) atoms. The predicted octanol–water partition coefficient (Wildman–Crippen LogP) is 4.97. The SMILES string of the molecule is C=CCOP(CCCCC)CCCCC. The van der Waals surface area contributed by atoms with E-state index in [4.69, 9.17) is 4.52 Å². The van der Waals surface area contributed by atoms with Gasteiger partial charge in [-0.05, 0) is 25.2 Å². The fraction of sp³-hybridized carbons (Fsp3) is 0.846. The molecule has 0 saturated heterocycles. The van der Waals surface area contributed by atoms with Gasteiger partial charge in [-0.15, -0.1) is 6.58 Å². The maximum Gasteiger partial charge on any atom is 0.0687 e. The third-order valence-corrected chi connectivity index (χ3v) is 4.54. The van der Waals surface area contributed by atoms with Crippen molar-refractivity contribution in [3.8, 4) is 0 Å². The van der Waals surface area contributed by atoms with E-state index in [0.717, 1.165) is 6.61 Å². The summed E-state index contributed by atoms with van der Waals surface area (Å²) in [6.45, 7) is 8.96. The zero-order chi connectivity index (χ0) is 11.4. The molecule has 0 unspecified atom stereocenters. The summed E-state index contributed by atoms with van der Waals surface area (Å²) in [6, 6.07) is 0. The van der Waals surface area contributed by atoms with Crippen LogP contribution in [0.3, 0.4) is 0 Å². The van der Waals surface area contributed by atoms with Gasteiger partial charge in [-0.1, -0.05) is 45.6 Å². The monoisotopic (exact) mass is 230 g/mol. The number of hydrogen-bond acceptors (Lipinski definition) is 1. The summed E-state index contributed by atoms with van der Waals surface area (Å²) in [5, 5.41) is 0. The first kappa shape index (κ1) is 15.1. The van der Waals surface area contributed by atoms with Gasteiger partial charge in [0.2, 0.25) is 0 Å². The van der Waals surface area contributed by atoms with Crippen LogP contribution < -0.4 is 0 Å². The molecule has 0 bridgehead atoms. The van der Waals surface area contributed by atoms with Gasteiger partial charge in [0.1, 0.15) is 0 Å². The van der Waals surface area contributed by atoms with Crippen molar-refractivity contribution in [3.63, 3.8) is 0 Å². The van der Waals surface area contributed by atoms with E-state index in [9.17, 15) is 0 Å². The van der Waals surface area contributed by atoms with Crippen LogP contribution in [-0.2, 0) is 4.52 Å². The zero-order valence-corrected chi connectivity index (χ0v) is 11.4. The topological polar surface area (TPSA) is 9.23 Å². The van der Waals surface area contributed by atoms with Gasteiger partial charge in [-0.25, -0.2) is 0 Å². The average Bonchev–Trinajstić information content (AvgIpc) is 2.25. The van der Waals surface area contributed by atoms with Gasteiger partial charge in [0.15, 0.2) is 0 Å². The number of hydrogen-bond donors (Lipinski definition) is 0. The summed E-state index contributed by atoms with van der Waals surface area (Å²) < 4.78 is 5.83. The third kappa shape index (κ3) is 10.4. The van der Waals surface area contributed by atoms with Crippen molar-refractivity contribution in [2.24, 2.45) is 0 Å². The summed E-state index contributed by atoms with van der Waals surface area (Å²) in [4.78, 5) is 0. The highest BCUT2D eigenvalue weighted by Crippen LogP contribution is 2.39. The Morgan fingerprint density at radius 3 is 1.93 bits per heavy atom. The molecule has 0 aromatic rings. The highest BCUT2D eigenvalue weighted by Gasteiger charge is 2.07. The van der Waals surface area contributed by atoms with Crippen LogP contribution >= 0.6 is 8.15 Å². The lowest BCUT2D eigenvalue weighted by Crippen LogP contribution is -1.96. The molecule has 1 nitrogen and oxygen atoms in total. The van der Waals surface area contributed by atoms with Gasteiger partial charge in [0, 0.05) is 8.15 Å². The van der Waals surface area contributed by atoms with Crippen LogP contribution in [0, 0.1) is 0 Å². The first-order chi connectivity index (χ1) is 7.35. The molecule has 0 aliphatic heterocycles. The lowest BCUT2D eigenvalue weighted by atomic mass is 10.3. The molecule has 0 atom stereocenters. The molecule has 0 N–H and O–H groups in total. The molecule has 0 rings (SSSR count). The van der Waals surface area contributed by atoms with Crippen molar-refractivity contribution >= 4 is 8.15 Å². The summed E-state index contributed by atoms with van der Waals surface area (Å²) in [6.07, 6.45) is 12.4. The van der Waals surface area contributed by atoms with E-state index < -0.39 is 0 Å². The molecule has 2 heteroatoms. The van der Waals surface area contributed by atoms with Crippen LogP contribution in [0.15, 0.2) is 12.7 Å². The van der Waals surface area contributed by atoms with Crippen molar-refractivity contribution in [3.05, 3.63) is 12.7 Å². The number of rotatable bonds is 11. The number of unbranched alkanes of at least 4 members (excludes halogenated alkanes) is 4. The van der Waals surface area contributed by atoms with Crippen LogP contribution in [0.1, 0.15) is 52.4 Å². The van der Waals surface area contributed by atoms with Gasteiger partial charge >= 0.3 is 0 Å². The molecule has 0 amide bonds. The van der Waals surface area contributed by atoms with Crippen LogP contribution in [0.2, 0.25) is 0 Å². The van der Waals surface area contributed by atoms with E-state index in [1.807, 2.05) is 6.08 Å². The van der Waals surface area contributed by atoms with Gasteiger partial charge < -0.3 is 4.52 Å². The van der Waals surface area contributed by atoms with Crippen molar-refractivity contribution in [1.82, 2.24) is 0 Å². The summed E-state index contributed by atoms with van der Waals surface area (Å²) >= 11 is 0. The van der Waals surface area contributed by atoms with Crippen molar-refractivity contribution in [1.29, 1.82) is 0 Å². The minimum atomic E-state index is -0.161. The Labute approximate surface area is 97.1 Å². The molecular formula is C13H27OP. The fourth-order valence-electron chi connectivity index (χ4n) is 1.48. The molecule has 0 spiro atoms. The molecule has 0 aliphatic rings. The van der Waals surface area contributed by atoms with Crippen molar-refractivity contribution < 1.29 is 4.52 Å². The Bertz CT molecular complexity index is 126. The second kappa shape index (κ2) is 12.2. The molecule has 0 aromatic heterocycles. The summed E-state index contributed by atoms with van der Waals surface area (Å²) in [7, 11) is -0.161. The van der Waals surface area contributed by atoms with Crippen LogP contribution in [0.25, 0.3) is 0 Å². The Kier molecular flexibility index (Phi) is 12.3. The van der Waals surface area contributed by atoms with E-state index in [1.165, 1.54) is 50.8 Å². The Hall–Kier alpha value is 0.130. The Balaban J connectivity index is 3.57. The molecule has 0 fully saturated rings. The summed E-state index contributed by atoms with van der Waals surface area (Å²) in [5.74, 6) is 0. The van der Waals surface area contributed by atoms with Gasteiger partial charge in [0.25, 0.3) is 0 Å². The Morgan fingerprint density at radius 2 is 1.53 bits per heavy atom. The minimum Gasteiger partial charge on any atom is -0.355 e. The van der Waals surface area contributed by atoms with E-state index in [-0.39, 0.29) is 8.15 Å². The maximum atomic E-state index is 5.83. The van der Waals surface area contributed by atoms with Crippen LogP contribution in [0.5, 0.6) is 0 Å². The zero-order valence-electron chi connectivity index (χ0n) is 10.5. The molecule has 0 aromatic carbocycles. The van der Waals surface area contributed by atoms with Crippen LogP contribution in [-0.4, -0.2) is 18.9 Å². The van der Waals surface area contributed by atoms with Crippen molar-refractivity contribution in [2.45, 2.75) is 52.4 Å². The van der Waals surface area contributed by atoms with Gasteiger partial charge in [-0.2, -0.15) is 0 Å². The highest BCUT2D eigenvalue weighted by molar-refractivity contribution is 7.52. The third-order valence-electron chi connectivity index (χ3n) is 2.40. The van der Waals surface area contributed by atoms with E-state index in [2.05, 4.69) is 20.4 Å². The van der Waals surface area contributed by atoms with E-state index in [1.54, 1.807) is 0 Å². The van der Waals surface area contributed by atoms with E-state index in [0.29, 0.717) is 0 Å². The quantitative estimate of drug-likeness (QED) is 0.277. The first-order valence-electron chi connectivity index (χ1n) is 6.33. The fourth-order valence-corrected chi connectivity index (χ4v) is 3.43. The molecule has 0 radical (unpaired) electrons. The lowest BCUT2D eigenvalue weighted by Gasteiger charge is -2.16. The second-order valence-electron chi connectivity index (χ2n) is 3.93. The maximum absolute atomic E-state index is 5.83. The first-order valence-corrected chi connectivity index (χ1v) is 7.96. The summed E-state index contributed by atoms with van der Waals surface area (Å²) in [5.41, 5.74) is 0. The van der Waals surface area contributed by atoms with Gasteiger partial charge in [0.05, 0.1) is 6.61 Å². The minimum absolute atomic E-state index is 0.161. The molecular weight excluding hydrogens is 203 g/mol. The molecule has 0 heterocycles. The van der Waals surface area contributed by atoms with Gasteiger partial charge in [-0.3, -0.25) is 0 Å². The van der Waals surface area contributed by atoms with E-state index >= 15 is 0 Å². The Morgan fingerprint density at radius 1 is 1.00 bits per heavy atom. The van der Waals surface area contributed by atoms with Crippen LogP contribution in [0.4, 0.5) is 0 Å². The standard InChI is InChI=1S/C13H27OP/c1-4-7-9-12-15(14-11-6-3)13-10-8-5-2/h6H,3-5,7-13H2,1-2H3. The molecule has 90 valence electrons. The lowest BCUT2D eigenvalue weighted by molar-refractivity contribution is 0.401. The van der Waals surface area contributed by atoms with Crippen molar-refractivity contribution in [2.75, 3.05) is 18.9 Å². The normalized spacial score (nSPS) is 10.9. The molecule has 0 aliphatic carbocycles. The predicted molar refractivity (Wildman–Crippen MR) is 71.9 cm³/mol. The highest BCUT2D eigenvalue weighted by atomic mass is 31.1. The largest absolute Gasteiger partial charge is 0.355 e. The second-order valence-corrected chi connectivity index (χ2v) is 6.04. The molecule has 0 saturated carbocycles. The average molecular weight is 230 g/mol. The smallest absolute Gasteiger partial charge is 0.0687 e.